The molecule has 1 saturated heterocycles. The van der Waals surface area contributed by atoms with Crippen LogP contribution in [0.15, 0.2) is 55.1 Å². The molecular weight excluding hydrogens is 340 g/mol. The molecule has 2 aromatic heterocycles. The number of fused-ring (bicyclic) bond motifs is 2. The Morgan fingerprint density at radius 2 is 1.96 bits per heavy atom. The molecule has 0 radical (unpaired) electrons. The highest BCUT2D eigenvalue weighted by Gasteiger charge is 2.29. The van der Waals surface area contributed by atoms with Crippen LogP contribution in [0.2, 0.25) is 0 Å². The lowest BCUT2D eigenvalue weighted by atomic mass is 10.1. The largest absolute Gasteiger partial charge is 0.491 e. The summed E-state index contributed by atoms with van der Waals surface area (Å²) in [5, 5.41) is 2.32. The van der Waals surface area contributed by atoms with Gasteiger partial charge in [0.1, 0.15) is 25.0 Å². The van der Waals surface area contributed by atoms with Crippen LogP contribution in [0.5, 0.6) is 5.75 Å². The summed E-state index contributed by atoms with van der Waals surface area (Å²) in [6.45, 7) is 1.52. The first kappa shape index (κ1) is 15.9. The zero-order valence-corrected chi connectivity index (χ0v) is 14.8. The van der Waals surface area contributed by atoms with Crippen LogP contribution < -0.4 is 15.5 Å². The van der Waals surface area contributed by atoms with Crippen molar-refractivity contribution >= 4 is 27.8 Å². The van der Waals surface area contributed by atoms with E-state index < -0.39 is 0 Å². The fourth-order valence-electron chi connectivity index (χ4n) is 3.85. The number of nitrogens with two attached hydrogens (primary N) is 1. The Balaban J connectivity index is 1.41. The molecular formula is C20H20N6O. The standard InChI is InChI=1S/C20H20N6O/c21-26-13-24-18-19(22-12-23-20(18)26)25-10-4-7-15(25)11-27-17-9-3-6-14-5-1-2-8-16(14)17/h1-3,5-6,8-9,12-13,15H,4,7,10-11,21H2/t15-/m1/s1. The van der Waals surface area contributed by atoms with Crippen LogP contribution in [0.1, 0.15) is 12.8 Å². The summed E-state index contributed by atoms with van der Waals surface area (Å²) >= 11 is 0. The lowest BCUT2D eigenvalue weighted by Crippen LogP contribution is -2.35. The van der Waals surface area contributed by atoms with Gasteiger partial charge >= 0.3 is 0 Å². The molecule has 2 aromatic carbocycles. The minimum atomic E-state index is 0.241. The van der Waals surface area contributed by atoms with Crippen molar-refractivity contribution in [3.8, 4) is 5.75 Å². The van der Waals surface area contributed by atoms with E-state index in [0.29, 0.717) is 12.3 Å². The van der Waals surface area contributed by atoms with Crippen molar-refractivity contribution in [2.24, 2.45) is 0 Å². The molecule has 4 aromatic rings. The highest BCUT2D eigenvalue weighted by molar-refractivity contribution is 5.88. The second kappa shape index (κ2) is 6.42. The second-order valence-electron chi connectivity index (χ2n) is 6.80. The fraction of sp³-hybridized carbons (Fsp3) is 0.250. The Hall–Kier alpha value is -3.35. The smallest absolute Gasteiger partial charge is 0.183 e. The van der Waals surface area contributed by atoms with Gasteiger partial charge in [0.2, 0.25) is 0 Å². The Morgan fingerprint density at radius 3 is 2.93 bits per heavy atom. The number of ether oxygens (including phenoxy) is 1. The maximum absolute atomic E-state index is 6.24. The number of aromatic nitrogens is 4. The van der Waals surface area contributed by atoms with Gasteiger partial charge in [0, 0.05) is 11.9 Å². The van der Waals surface area contributed by atoms with Gasteiger partial charge in [-0.25, -0.2) is 19.6 Å². The third kappa shape index (κ3) is 2.71. The topological polar surface area (TPSA) is 82.1 Å². The fourth-order valence-corrected chi connectivity index (χ4v) is 3.85. The second-order valence-corrected chi connectivity index (χ2v) is 6.80. The molecule has 7 heteroatoms. The van der Waals surface area contributed by atoms with E-state index in [-0.39, 0.29) is 6.04 Å². The minimum absolute atomic E-state index is 0.241. The number of nitrogen functional groups attached to an aromatic ring is 1. The highest BCUT2D eigenvalue weighted by atomic mass is 16.5. The summed E-state index contributed by atoms with van der Waals surface area (Å²) in [4.78, 5) is 15.4. The van der Waals surface area contributed by atoms with Gasteiger partial charge in [-0.15, -0.1) is 0 Å². The van der Waals surface area contributed by atoms with Crippen LogP contribution >= 0.6 is 0 Å². The SMILES string of the molecule is Nn1cnc2c(N3CCC[C@@H]3COc3cccc4ccccc34)ncnc21. The van der Waals surface area contributed by atoms with E-state index in [0.717, 1.165) is 41.9 Å². The van der Waals surface area contributed by atoms with Crippen molar-refractivity contribution in [1.82, 2.24) is 19.6 Å². The van der Waals surface area contributed by atoms with Gasteiger partial charge in [0.25, 0.3) is 0 Å². The van der Waals surface area contributed by atoms with E-state index in [9.17, 15) is 0 Å². The highest BCUT2D eigenvalue weighted by Crippen LogP contribution is 2.30. The van der Waals surface area contributed by atoms with Crippen LogP contribution in [0.4, 0.5) is 5.82 Å². The number of imidazole rings is 1. The van der Waals surface area contributed by atoms with Crippen LogP contribution in [-0.2, 0) is 0 Å². The molecule has 2 N–H and O–H groups in total. The molecule has 0 saturated carbocycles. The van der Waals surface area contributed by atoms with Crippen LogP contribution in [-0.4, -0.2) is 38.8 Å². The van der Waals surface area contributed by atoms with Crippen molar-refractivity contribution in [3.05, 3.63) is 55.1 Å². The van der Waals surface area contributed by atoms with Gasteiger partial charge in [-0.3, -0.25) is 0 Å². The monoisotopic (exact) mass is 360 g/mol. The molecule has 0 bridgehead atoms. The molecule has 136 valence electrons. The Labute approximate surface area is 156 Å². The molecule has 7 nitrogen and oxygen atoms in total. The number of rotatable bonds is 4. The molecule has 3 heterocycles. The van der Waals surface area contributed by atoms with Crippen LogP contribution in [0.25, 0.3) is 21.9 Å². The first-order chi connectivity index (χ1) is 13.3. The summed E-state index contributed by atoms with van der Waals surface area (Å²) in [6, 6.07) is 14.7. The zero-order valence-electron chi connectivity index (χ0n) is 14.8. The molecule has 27 heavy (non-hydrogen) atoms. The van der Waals surface area contributed by atoms with Crippen molar-refractivity contribution in [2.45, 2.75) is 18.9 Å². The summed E-state index contributed by atoms with van der Waals surface area (Å²) in [5.41, 5.74) is 1.37. The molecule has 5 rings (SSSR count). The number of anilines is 1. The van der Waals surface area contributed by atoms with E-state index >= 15 is 0 Å². The summed E-state index contributed by atoms with van der Waals surface area (Å²) < 4.78 is 7.67. The predicted molar refractivity (Wildman–Crippen MR) is 105 cm³/mol. The van der Waals surface area contributed by atoms with E-state index in [2.05, 4.69) is 38.1 Å². The van der Waals surface area contributed by atoms with E-state index in [1.165, 1.54) is 10.1 Å². The lowest BCUT2D eigenvalue weighted by molar-refractivity contribution is 0.291. The first-order valence-corrected chi connectivity index (χ1v) is 9.11. The third-order valence-corrected chi connectivity index (χ3v) is 5.17. The number of benzene rings is 2. The van der Waals surface area contributed by atoms with E-state index in [1.807, 2.05) is 24.3 Å². The van der Waals surface area contributed by atoms with Crippen LogP contribution in [0, 0.1) is 0 Å². The molecule has 1 fully saturated rings. The zero-order chi connectivity index (χ0) is 18.2. The van der Waals surface area contributed by atoms with Crippen molar-refractivity contribution < 1.29 is 4.74 Å². The average molecular weight is 360 g/mol. The van der Waals surface area contributed by atoms with E-state index in [1.54, 1.807) is 12.7 Å². The molecule has 1 atom stereocenters. The van der Waals surface area contributed by atoms with E-state index in [4.69, 9.17) is 10.6 Å². The summed E-state index contributed by atoms with van der Waals surface area (Å²) in [6.07, 6.45) is 5.27. The van der Waals surface area contributed by atoms with Gasteiger partial charge in [-0.05, 0) is 24.3 Å². The number of hydrogen-bond donors (Lipinski definition) is 1. The average Bonchev–Trinajstić information content (AvgIpc) is 3.33. The summed E-state index contributed by atoms with van der Waals surface area (Å²) in [7, 11) is 0. The van der Waals surface area contributed by atoms with Crippen molar-refractivity contribution in [3.63, 3.8) is 0 Å². The van der Waals surface area contributed by atoms with Crippen molar-refractivity contribution in [2.75, 3.05) is 23.9 Å². The lowest BCUT2D eigenvalue weighted by Gasteiger charge is -2.26. The van der Waals surface area contributed by atoms with Gasteiger partial charge in [-0.2, -0.15) is 0 Å². The minimum Gasteiger partial charge on any atom is -0.491 e. The molecule has 1 aliphatic rings. The summed E-state index contributed by atoms with van der Waals surface area (Å²) in [5.74, 6) is 7.63. The molecule has 0 amide bonds. The molecule has 0 spiro atoms. The molecule has 0 unspecified atom stereocenters. The van der Waals surface area contributed by atoms with Crippen LogP contribution in [0.3, 0.4) is 0 Å². The first-order valence-electron chi connectivity index (χ1n) is 9.11. The maximum atomic E-state index is 6.24. The van der Waals surface area contributed by atoms with Gasteiger partial charge in [0.05, 0.1) is 6.04 Å². The maximum Gasteiger partial charge on any atom is 0.183 e. The van der Waals surface area contributed by atoms with Crippen molar-refractivity contribution in [1.29, 1.82) is 0 Å². The quantitative estimate of drug-likeness (QED) is 0.564. The third-order valence-electron chi connectivity index (χ3n) is 5.17. The Kier molecular flexibility index (Phi) is 3.78. The Morgan fingerprint density at radius 1 is 1.07 bits per heavy atom. The Bertz CT molecular complexity index is 1100. The number of nitrogens with zero attached hydrogens (tertiary/aromatic N) is 5. The van der Waals surface area contributed by atoms with Gasteiger partial charge in [-0.1, -0.05) is 36.4 Å². The predicted octanol–water partition coefficient (Wildman–Crippen LogP) is 2.74. The number of hydrogen-bond acceptors (Lipinski definition) is 6. The van der Waals surface area contributed by atoms with Gasteiger partial charge < -0.3 is 15.5 Å². The molecule has 0 aliphatic carbocycles. The molecule has 1 aliphatic heterocycles. The normalized spacial score (nSPS) is 17.0. The van der Waals surface area contributed by atoms with Gasteiger partial charge in [0.15, 0.2) is 17.0 Å².